The van der Waals surface area contributed by atoms with Crippen molar-refractivity contribution in [2.75, 3.05) is 39.3 Å². The van der Waals surface area contributed by atoms with Crippen LogP contribution in [0.2, 0.25) is 0 Å². The van der Waals surface area contributed by atoms with Crippen molar-refractivity contribution in [3.8, 4) is 0 Å². The van der Waals surface area contributed by atoms with E-state index in [-0.39, 0.29) is 0 Å². The van der Waals surface area contributed by atoms with E-state index in [1.165, 1.54) is 0 Å². The molecule has 78 valence electrons. The van der Waals surface area contributed by atoms with Crippen molar-refractivity contribution in [2.45, 2.75) is 6.04 Å². The molecule has 1 unspecified atom stereocenters. The monoisotopic (exact) mass is 187 g/mol. The maximum Gasteiger partial charge on any atom is 0.0548 e. The number of hydrogen-bond acceptors (Lipinski definition) is 5. The van der Waals surface area contributed by atoms with Gasteiger partial charge in [-0.1, -0.05) is 0 Å². The van der Waals surface area contributed by atoms with E-state index >= 15 is 0 Å². The molecule has 0 aromatic heterocycles. The van der Waals surface area contributed by atoms with Gasteiger partial charge >= 0.3 is 0 Å². The highest BCUT2D eigenvalue weighted by molar-refractivity contribution is 5.23. The molecule has 0 radical (unpaired) electrons. The molecule has 0 aromatic carbocycles. The molecule has 5 nitrogen and oxygen atoms in total. The van der Waals surface area contributed by atoms with E-state index in [9.17, 15) is 0 Å². The minimum absolute atomic E-state index is 0.313. The van der Waals surface area contributed by atoms with Crippen LogP contribution in [-0.2, 0) is 0 Å². The predicted octanol–water partition coefficient (Wildman–Crippen LogP) is -1.85. The van der Waals surface area contributed by atoms with Gasteiger partial charge in [-0.3, -0.25) is 4.99 Å². The third-order valence-electron chi connectivity index (χ3n) is 1.64. The van der Waals surface area contributed by atoms with Gasteiger partial charge < -0.3 is 22.1 Å². The molecular formula is C8H21N5. The Hall–Kier alpha value is -0.490. The summed E-state index contributed by atoms with van der Waals surface area (Å²) in [6.45, 7) is 7.97. The van der Waals surface area contributed by atoms with Gasteiger partial charge in [-0.25, -0.2) is 0 Å². The maximum atomic E-state index is 5.38. The van der Waals surface area contributed by atoms with Crippen molar-refractivity contribution in [1.29, 1.82) is 0 Å². The molecule has 0 aromatic rings. The Labute approximate surface area is 80.0 Å². The molecule has 0 aliphatic rings. The van der Waals surface area contributed by atoms with Crippen LogP contribution in [-0.4, -0.2) is 52.0 Å². The summed E-state index contributed by atoms with van der Waals surface area (Å²) in [5.41, 5.74) is 10.7. The van der Waals surface area contributed by atoms with E-state index in [1.807, 2.05) is 0 Å². The Morgan fingerprint density at radius 3 is 2.46 bits per heavy atom. The molecule has 0 saturated heterocycles. The molecule has 0 rings (SSSR count). The first-order chi connectivity index (χ1) is 6.35. The van der Waals surface area contributed by atoms with Crippen LogP contribution in [0.15, 0.2) is 4.99 Å². The fraction of sp³-hybridized carbons (Fsp3) is 0.875. The number of hydrogen-bond donors (Lipinski definition) is 4. The van der Waals surface area contributed by atoms with E-state index in [1.54, 1.807) is 0 Å². The van der Waals surface area contributed by atoms with Crippen molar-refractivity contribution < 1.29 is 0 Å². The molecule has 1 atom stereocenters. The van der Waals surface area contributed by atoms with E-state index in [2.05, 4.69) is 22.3 Å². The summed E-state index contributed by atoms with van der Waals surface area (Å²) in [4.78, 5) is 3.84. The maximum absolute atomic E-state index is 5.38. The molecule has 5 heteroatoms. The zero-order chi connectivity index (χ0) is 9.94. The van der Waals surface area contributed by atoms with Crippen LogP contribution in [0.25, 0.3) is 0 Å². The normalized spacial score (nSPS) is 12.8. The van der Waals surface area contributed by atoms with Crippen molar-refractivity contribution in [3.63, 3.8) is 0 Å². The van der Waals surface area contributed by atoms with E-state index in [0.717, 1.165) is 19.6 Å². The molecule has 13 heavy (non-hydrogen) atoms. The van der Waals surface area contributed by atoms with Gasteiger partial charge in [0.05, 0.1) is 6.54 Å². The SMILES string of the molecule is C=NCC(CNCCN)NCCN. The summed E-state index contributed by atoms with van der Waals surface area (Å²) in [6.07, 6.45) is 0. The molecule has 0 aliphatic heterocycles. The topological polar surface area (TPSA) is 88.5 Å². The lowest BCUT2D eigenvalue weighted by Crippen LogP contribution is -2.43. The molecule has 0 amide bonds. The lowest BCUT2D eigenvalue weighted by molar-refractivity contribution is 0.489. The van der Waals surface area contributed by atoms with Gasteiger partial charge in [0.25, 0.3) is 0 Å². The minimum Gasteiger partial charge on any atom is -0.329 e. The highest BCUT2D eigenvalue weighted by Gasteiger charge is 2.04. The van der Waals surface area contributed by atoms with Crippen molar-refractivity contribution in [3.05, 3.63) is 0 Å². The van der Waals surface area contributed by atoms with Gasteiger partial charge in [-0.2, -0.15) is 0 Å². The van der Waals surface area contributed by atoms with Crippen LogP contribution in [0, 0.1) is 0 Å². The summed E-state index contributed by atoms with van der Waals surface area (Å²) in [6, 6.07) is 0.313. The number of aliphatic imine (C=N–C) groups is 1. The van der Waals surface area contributed by atoms with Gasteiger partial charge in [0.1, 0.15) is 0 Å². The Kier molecular flexibility index (Phi) is 9.24. The number of nitrogens with zero attached hydrogens (tertiary/aromatic N) is 1. The predicted molar refractivity (Wildman–Crippen MR) is 57.2 cm³/mol. The van der Waals surface area contributed by atoms with Gasteiger partial charge in [0.2, 0.25) is 0 Å². The first kappa shape index (κ1) is 12.5. The molecule has 0 fully saturated rings. The molecule has 0 heterocycles. The second-order valence-corrected chi connectivity index (χ2v) is 2.84. The van der Waals surface area contributed by atoms with Crippen molar-refractivity contribution in [2.24, 2.45) is 16.5 Å². The van der Waals surface area contributed by atoms with Crippen LogP contribution >= 0.6 is 0 Å². The van der Waals surface area contributed by atoms with Crippen LogP contribution in [0.5, 0.6) is 0 Å². The largest absolute Gasteiger partial charge is 0.329 e. The molecule has 0 saturated carbocycles. The highest BCUT2D eigenvalue weighted by Crippen LogP contribution is 1.81. The van der Waals surface area contributed by atoms with E-state index < -0.39 is 0 Å². The quantitative estimate of drug-likeness (QED) is 0.252. The summed E-state index contributed by atoms with van der Waals surface area (Å²) in [5.74, 6) is 0. The van der Waals surface area contributed by atoms with Crippen LogP contribution < -0.4 is 22.1 Å². The Bertz CT molecular complexity index is 117. The summed E-state index contributed by atoms with van der Waals surface area (Å²) in [5, 5.41) is 6.48. The van der Waals surface area contributed by atoms with E-state index in [4.69, 9.17) is 11.5 Å². The number of rotatable bonds is 9. The standard InChI is InChI=1S/C8H21N5/c1-11-6-8(13-5-3-10)7-12-4-2-9/h8,12-13H,1-7,9-10H2. The van der Waals surface area contributed by atoms with Gasteiger partial charge in [0, 0.05) is 38.8 Å². The van der Waals surface area contributed by atoms with Gasteiger partial charge in [-0.15, -0.1) is 0 Å². The van der Waals surface area contributed by atoms with Crippen molar-refractivity contribution >= 4 is 6.72 Å². The first-order valence-electron chi connectivity index (χ1n) is 4.61. The number of nitrogens with two attached hydrogens (primary N) is 2. The zero-order valence-electron chi connectivity index (χ0n) is 8.13. The molecule has 0 aliphatic carbocycles. The third kappa shape index (κ3) is 7.86. The second kappa shape index (κ2) is 9.60. The average Bonchev–Trinajstić information content (AvgIpc) is 2.14. The zero-order valence-corrected chi connectivity index (χ0v) is 8.13. The smallest absolute Gasteiger partial charge is 0.0548 e. The van der Waals surface area contributed by atoms with Crippen LogP contribution in [0.3, 0.4) is 0 Å². The average molecular weight is 187 g/mol. The minimum atomic E-state index is 0.313. The van der Waals surface area contributed by atoms with Crippen LogP contribution in [0.4, 0.5) is 0 Å². The summed E-state index contributed by atoms with van der Waals surface area (Å²) in [7, 11) is 0. The first-order valence-corrected chi connectivity index (χ1v) is 4.61. The van der Waals surface area contributed by atoms with Crippen molar-refractivity contribution in [1.82, 2.24) is 10.6 Å². The second-order valence-electron chi connectivity index (χ2n) is 2.84. The molecule has 6 N–H and O–H groups in total. The van der Waals surface area contributed by atoms with Crippen LogP contribution in [0.1, 0.15) is 0 Å². The lowest BCUT2D eigenvalue weighted by Gasteiger charge is -2.16. The Morgan fingerprint density at radius 2 is 1.92 bits per heavy atom. The molecular weight excluding hydrogens is 166 g/mol. The molecule has 0 bridgehead atoms. The summed E-state index contributed by atoms with van der Waals surface area (Å²) >= 11 is 0. The third-order valence-corrected chi connectivity index (χ3v) is 1.64. The summed E-state index contributed by atoms with van der Waals surface area (Å²) < 4.78 is 0. The van der Waals surface area contributed by atoms with Gasteiger partial charge in [0.15, 0.2) is 0 Å². The fourth-order valence-electron chi connectivity index (χ4n) is 1.02. The Morgan fingerprint density at radius 1 is 1.23 bits per heavy atom. The van der Waals surface area contributed by atoms with E-state index in [0.29, 0.717) is 25.7 Å². The lowest BCUT2D eigenvalue weighted by atomic mass is 10.3. The Balaban J connectivity index is 3.47. The highest BCUT2D eigenvalue weighted by atomic mass is 15.0. The molecule has 0 spiro atoms. The number of nitrogens with one attached hydrogen (secondary N) is 2. The van der Waals surface area contributed by atoms with Gasteiger partial charge in [-0.05, 0) is 6.72 Å². The fourth-order valence-corrected chi connectivity index (χ4v) is 1.02.